The Kier molecular flexibility index (Phi) is 5.95. The molecule has 1 aromatic rings. The first kappa shape index (κ1) is 17.5. The summed E-state index contributed by atoms with van der Waals surface area (Å²) in [5.41, 5.74) is 2.40. The maximum atomic E-state index is 3.68. The first-order valence-corrected chi connectivity index (χ1v) is 9.91. The van der Waals surface area contributed by atoms with Crippen molar-refractivity contribution < 1.29 is 0 Å². The minimum Gasteiger partial charge on any atom is -0.312 e. The molecule has 0 atom stereocenters. The highest BCUT2D eigenvalue weighted by Gasteiger charge is 2.33. The molecule has 0 radical (unpaired) electrons. The summed E-state index contributed by atoms with van der Waals surface area (Å²) in [7, 11) is 0. The third kappa shape index (κ3) is 5.37. The van der Waals surface area contributed by atoms with Crippen LogP contribution < -0.4 is 5.32 Å². The fourth-order valence-corrected chi connectivity index (χ4v) is 5.37. The summed E-state index contributed by atoms with van der Waals surface area (Å²) in [6, 6.07) is 2.33. The van der Waals surface area contributed by atoms with Crippen molar-refractivity contribution in [1.29, 1.82) is 0 Å². The van der Waals surface area contributed by atoms with Gasteiger partial charge in [-0.3, -0.25) is 0 Å². The summed E-state index contributed by atoms with van der Waals surface area (Å²) < 4.78 is 1.28. The summed E-state index contributed by atoms with van der Waals surface area (Å²) in [6.45, 7) is 10.2. The molecule has 1 aliphatic carbocycles. The van der Waals surface area contributed by atoms with Crippen LogP contribution in [0.15, 0.2) is 9.85 Å². The normalized spacial score (nSPS) is 18.3. The fourth-order valence-electron chi connectivity index (χ4n) is 3.58. The molecule has 0 aliphatic heterocycles. The van der Waals surface area contributed by atoms with E-state index in [1.165, 1.54) is 53.6 Å². The Morgan fingerprint density at radius 3 is 2.43 bits per heavy atom. The van der Waals surface area contributed by atoms with E-state index >= 15 is 0 Å². The zero-order valence-corrected chi connectivity index (χ0v) is 16.4. The van der Waals surface area contributed by atoms with Gasteiger partial charge in [-0.15, -0.1) is 11.3 Å². The summed E-state index contributed by atoms with van der Waals surface area (Å²) >= 11 is 5.50. The average Bonchev–Trinajstić information content (AvgIpc) is 2.93. The summed E-state index contributed by atoms with van der Waals surface area (Å²) in [5.74, 6) is 0. The van der Waals surface area contributed by atoms with Crippen LogP contribution in [0.3, 0.4) is 0 Å². The zero-order chi connectivity index (χ0) is 15.5. The number of thiophene rings is 1. The number of nitrogens with one attached hydrogen (secondary N) is 1. The molecule has 0 saturated heterocycles. The Labute approximate surface area is 143 Å². The molecular weight excluding hydrogens is 342 g/mol. The van der Waals surface area contributed by atoms with Crippen molar-refractivity contribution in [3.8, 4) is 0 Å². The predicted molar refractivity (Wildman–Crippen MR) is 98.4 cm³/mol. The second-order valence-corrected chi connectivity index (χ2v) is 10.4. The van der Waals surface area contributed by atoms with Gasteiger partial charge in [-0.25, -0.2) is 0 Å². The molecule has 120 valence electrons. The van der Waals surface area contributed by atoms with Crippen LogP contribution in [0, 0.1) is 12.3 Å². The van der Waals surface area contributed by atoms with Crippen LogP contribution in [-0.4, -0.2) is 12.1 Å². The third-order valence-corrected chi connectivity index (χ3v) is 6.49. The SMILES string of the molecule is Cc1sc(Br)cc1CCC1(CCNC(C)(C)C)CCCC1. The van der Waals surface area contributed by atoms with Gasteiger partial charge in [0.15, 0.2) is 0 Å². The van der Waals surface area contributed by atoms with Gasteiger partial charge in [-0.2, -0.15) is 0 Å². The number of hydrogen-bond donors (Lipinski definition) is 1. The molecule has 0 unspecified atom stereocenters. The predicted octanol–water partition coefficient (Wildman–Crippen LogP) is 6.09. The molecule has 1 N–H and O–H groups in total. The minimum atomic E-state index is 0.245. The van der Waals surface area contributed by atoms with E-state index in [0.717, 1.165) is 6.54 Å². The Morgan fingerprint density at radius 1 is 1.24 bits per heavy atom. The molecule has 21 heavy (non-hydrogen) atoms. The van der Waals surface area contributed by atoms with Gasteiger partial charge in [0.25, 0.3) is 0 Å². The van der Waals surface area contributed by atoms with Gasteiger partial charge in [0.1, 0.15) is 0 Å². The molecule has 0 aromatic carbocycles. The Morgan fingerprint density at radius 2 is 1.90 bits per heavy atom. The summed E-state index contributed by atoms with van der Waals surface area (Å²) in [6.07, 6.45) is 9.69. The molecular formula is C18H30BrNS. The number of aryl methyl sites for hydroxylation is 2. The van der Waals surface area contributed by atoms with Gasteiger partial charge in [0.2, 0.25) is 0 Å². The number of rotatable bonds is 6. The highest BCUT2D eigenvalue weighted by atomic mass is 79.9. The molecule has 0 amide bonds. The Bertz CT molecular complexity index is 452. The topological polar surface area (TPSA) is 12.0 Å². The van der Waals surface area contributed by atoms with E-state index in [1.54, 1.807) is 5.56 Å². The largest absolute Gasteiger partial charge is 0.312 e. The highest BCUT2D eigenvalue weighted by Crippen LogP contribution is 2.45. The lowest BCUT2D eigenvalue weighted by Gasteiger charge is -2.31. The molecule has 2 rings (SSSR count). The van der Waals surface area contributed by atoms with Crippen molar-refractivity contribution >= 4 is 27.3 Å². The fraction of sp³-hybridized carbons (Fsp3) is 0.778. The first-order chi connectivity index (χ1) is 9.80. The van der Waals surface area contributed by atoms with Crippen LogP contribution in [0.2, 0.25) is 0 Å². The van der Waals surface area contributed by atoms with Crippen molar-refractivity contribution in [2.24, 2.45) is 5.41 Å². The second-order valence-electron chi connectivity index (χ2n) is 7.77. The van der Waals surface area contributed by atoms with E-state index in [4.69, 9.17) is 0 Å². The van der Waals surface area contributed by atoms with E-state index < -0.39 is 0 Å². The molecule has 1 saturated carbocycles. The van der Waals surface area contributed by atoms with E-state index in [-0.39, 0.29) is 5.54 Å². The van der Waals surface area contributed by atoms with Gasteiger partial charge in [0, 0.05) is 10.4 Å². The summed E-state index contributed by atoms with van der Waals surface area (Å²) in [5, 5.41) is 3.68. The van der Waals surface area contributed by atoms with Crippen molar-refractivity contribution in [3.05, 3.63) is 20.3 Å². The highest BCUT2D eigenvalue weighted by molar-refractivity contribution is 9.11. The van der Waals surface area contributed by atoms with Gasteiger partial charge in [-0.1, -0.05) is 12.8 Å². The van der Waals surface area contributed by atoms with Gasteiger partial charge < -0.3 is 5.32 Å². The Balaban J connectivity index is 1.90. The number of halogens is 1. The van der Waals surface area contributed by atoms with Gasteiger partial charge >= 0.3 is 0 Å². The standard InChI is InChI=1S/C18H30BrNS/c1-14-15(13-16(19)21-14)7-10-18(8-5-6-9-18)11-12-20-17(2,3)4/h13,20H,5-12H2,1-4H3. The van der Waals surface area contributed by atoms with Crippen molar-refractivity contribution in [3.63, 3.8) is 0 Å². The van der Waals surface area contributed by atoms with E-state index in [9.17, 15) is 0 Å². The molecule has 1 aromatic heterocycles. The number of hydrogen-bond acceptors (Lipinski definition) is 2. The average molecular weight is 372 g/mol. The zero-order valence-electron chi connectivity index (χ0n) is 14.0. The Hall–Kier alpha value is 0.140. The van der Waals surface area contributed by atoms with Crippen LogP contribution in [0.25, 0.3) is 0 Å². The lowest BCUT2D eigenvalue weighted by molar-refractivity contribution is 0.235. The monoisotopic (exact) mass is 371 g/mol. The van der Waals surface area contributed by atoms with Crippen molar-refractivity contribution in [2.45, 2.75) is 78.2 Å². The van der Waals surface area contributed by atoms with Crippen molar-refractivity contribution in [1.82, 2.24) is 5.32 Å². The summed E-state index contributed by atoms with van der Waals surface area (Å²) in [4.78, 5) is 1.49. The molecule has 0 spiro atoms. The maximum absolute atomic E-state index is 3.68. The van der Waals surface area contributed by atoms with E-state index in [1.807, 2.05) is 11.3 Å². The smallest absolute Gasteiger partial charge is 0.0704 e. The lowest BCUT2D eigenvalue weighted by Crippen LogP contribution is -2.38. The van der Waals surface area contributed by atoms with Crippen molar-refractivity contribution in [2.75, 3.05) is 6.54 Å². The van der Waals surface area contributed by atoms with Crippen LogP contribution in [0.1, 0.15) is 69.7 Å². The second kappa shape index (κ2) is 7.14. The van der Waals surface area contributed by atoms with E-state index in [0.29, 0.717) is 5.41 Å². The lowest BCUT2D eigenvalue weighted by atomic mass is 9.77. The van der Waals surface area contributed by atoms with Crippen LogP contribution in [-0.2, 0) is 6.42 Å². The third-order valence-electron chi connectivity index (χ3n) is 4.89. The van der Waals surface area contributed by atoms with Crippen LogP contribution >= 0.6 is 27.3 Å². The molecule has 1 aliphatic rings. The van der Waals surface area contributed by atoms with E-state index in [2.05, 4.69) is 55.0 Å². The quantitative estimate of drug-likeness (QED) is 0.637. The molecule has 1 nitrogen and oxygen atoms in total. The molecule has 0 bridgehead atoms. The van der Waals surface area contributed by atoms with Gasteiger partial charge in [0.05, 0.1) is 3.79 Å². The first-order valence-electron chi connectivity index (χ1n) is 8.30. The molecule has 1 heterocycles. The van der Waals surface area contributed by atoms with Crippen LogP contribution in [0.4, 0.5) is 0 Å². The molecule has 1 fully saturated rings. The molecule has 3 heteroatoms. The van der Waals surface area contributed by atoms with Gasteiger partial charge in [-0.05, 0) is 99.3 Å². The minimum absolute atomic E-state index is 0.245. The maximum Gasteiger partial charge on any atom is 0.0704 e. The van der Waals surface area contributed by atoms with Crippen LogP contribution in [0.5, 0.6) is 0 Å².